The molecule has 0 aliphatic heterocycles. The van der Waals surface area contributed by atoms with Crippen molar-refractivity contribution in [1.29, 1.82) is 0 Å². The van der Waals surface area contributed by atoms with Crippen LogP contribution in [-0.2, 0) is 0 Å². The minimum atomic E-state index is -0.194. The van der Waals surface area contributed by atoms with Crippen molar-refractivity contribution in [3.63, 3.8) is 0 Å². The molecule has 0 aromatic rings. The van der Waals surface area contributed by atoms with Gasteiger partial charge in [-0.3, -0.25) is 0 Å². The van der Waals surface area contributed by atoms with Crippen molar-refractivity contribution in [2.24, 2.45) is 17.6 Å². The van der Waals surface area contributed by atoms with Crippen LogP contribution in [0.5, 0.6) is 0 Å². The second-order valence-electron chi connectivity index (χ2n) is 6.87. The van der Waals surface area contributed by atoms with Crippen LogP contribution in [0.15, 0.2) is 0 Å². The molecule has 2 fully saturated rings. The van der Waals surface area contributed by atoms with Crippen molar-refractivity contribution in [2.45, 2.75) is 57.5 Å². The van der Waals surface area contributed by atoms with Gasteiger partial charge in [-0.05, 0) is 51.9 Å². The van der Waals surface area contributed by atoms with Crippen LogP contribution in [0, 0.1) is 11.8 Å². The zero-order valence-corrected chi connectivity index (χ0v) is 11.2. The van der Waals surface area contributed by atoms with Gasteiger partial charge in [-0.1, -0.05) is 6.42 Å². The summed E-state index contributed by atoms with van der Waals surface area (Å²) in [6, 6.07) is -0.106. The number of carbonyl (C=O) groups is 1. The molecule has 4 heteroatoms. The number of carbonyl (C=O) groups excluding carboxylic acids is 1. The molecule has 0 radical (unpaired) electrons. The number of fused-ring (bicyclic) bond motifs is 2. The fourth-order valence-electron chi connectivity index (χ4n) is 3.33. The summed E-state index contributed by atoms with van der Waals surface area (Å²) in [7, 11) is 0. The Morgan fingerprint density at radius 3 is 2.59 bits per heavy atom. The molecule has 2 amide bonds. The standard InChI is InChI=1S/C13H25N3O/c1-12(2,3)16-11(17)15-8-13(14)7-9-4-5-10(13)6-9/h9-10H,4-8,14H2,1-3H3,(H2,15,16,17). The Labute approximate surface area is 104 Å². The maximum absolute atomic E-state index is 11.7. The predicted octanol–water partition coefficient (Wildman–Crippen LogP) is 1.60. The molecule has 4 N–H and O–H groups in total. The van der Waals surface area contributed by atoms with Crippen LogP contribution in [0.1, 0.15) is 46.5 Å². The van der Waals surface area contributed by atoms with Crippen LogP contribution >= 0.6 is 0 Å². The summed E-state index contributed by atoms with van der Waals surface area (Å²) < 4.78 is 0. The topological polar surface area (TPSA) is 67.2 Å². The zero-order chi connectivity index (χ0) is 12.7. The lowest BCUT2D eigenvalue weighted by atomic mass is 9.82. The van der Waals surface area contributed by atoms with Crippen LogP contribution in [0.4, 0.5) is 4.79 Å². The molecule has 3 atom stereocenters. The van der Waals surface area contributed by atoms with Crippen LogP contribution in [0.25, 0.3) is 0 Å². The molecule has 0 aromatic carbocycles. The lowest BCUT2D eigenvalue weighted by Crippen LogP contribution is -2.56. The van der Waals surface area contributed by atoms with Gasteiger partial charge in [0, 0.05) is 17.6 Å². The number of rotatable bonds is 2. The molecule has 2 aliphatic rings. The summed E-state index contributed by atoms with van der Waals surface area (Å²) in [5.41, 5.74) is 6.07. The van der Waals surface area contributed by atoms with E-state index in [-0.39, 0.29) is 17.1 Å². The van der Waals surface area contributed by atoms with E-state index in [1.54, 1.807) is 0 Å². The van der Waals surface area contributed by atoms with E-state index < -0.39 is 0 Å². The molecule has 2 saturated carbocycles. The molecule has 98 valence electrons. The Kier molecular flexibility index (Phi) is 3.10. The fraction of sp³-hybridized carbons (Fsp3) is 0.923. The van der Waals surface area contributed by atoms with Crippen molar-refractivity contribution in [3.05, 3.63) is 0 Å². The molecule has 3 unspecified atom stereocenters. The number of urea groups is 1. The quantitative estimate of drug-likeness (QED) is 0.685. The molecular formula is C13H25N3O. The molecule has 4 nitrogen and oxygen atoms in total. The smallest absolute Gasteiger partial charge is 0.315 e. The first-order chi connectivity index (χ1) is 7.78. The second-order valence-corrected chi connectivity index (χ2v) is 6.87. The maximum atomic E-state index is 11.7. The molecule has 2 bridgehead atoms. The van der Waals surface area contributed by atoms with Gasteiger partial charge < -0.3 is 16.4 Å². The van der Waals surface area contributed by atoms with E-state index >= 15 is 0 Å². The SMILES string of the molecule is CC(C)(C)NC(=O)NCC1(N)CC2CCC1C2. The molecule has 0 saturated heterocycles. The summed E-state index contributed by atoms with van der Waals surface area (Å²) in [6.07, 6.45) is 4.91. The summed E-state index contributed by atoms with van der Waals surface area (Å²) in [5.74, 6) is 1.42. The van der Waals surface area contributed by atoms with E-state index in [2.05, 4.69) is 10.6 Å². The van der Waals surface area contributed by atoms with Gasteiger partial charge in [0.1, 0.15) is 0 Å². The summed E-state index contributed by atoms with van der Waals surface area (Å²) >= 11 is 0. The van der Waals surface area contributed by atoms with Gasteiger partial charge in [-0.2, -0.15) is 0 Å². The highest BCUT2D eigenvalue weighted by atomic mass is 16.2. The molecule has 2 rings (SSSR count). The average Bonchev–Trinajstić information content (AvgIpc) is 2.72. The Hall–Kier alpha value is -0.770. The molecule has 17 heavy (non-hydrogen) atoms. The minimum Gasteiger partial charge on any atom is -0.336 e. The van der Waals surface area contributed by atoms with Crippen molar-refractivity contribution in [2.75, 3.05) is 6.54 Å². The third-order valence-electron chi connectivity index (χ3n) is 4.09. The number of hydrogen-bond acceptors (Lipinski definition) is 2. The third-order valence-corrected chi connectivity index (χ3v) is 4.09. The van der Waals surface area contributed by atoms with Gasteiger partial charge in [0.15, 0.2) is 0 Å². The van der Waals surface area contributed by atoms with E-state index in [1.165, 1.54) is 19.3 Å². The first kappa shape index (κ1) is 12.7. The Bertz CT molecular complexity index is 310. The van der Waals surface area contributed by atoms with Crippen LogP contribution in [0.2, 0.25) is 0 Å². The van der Waals surface area contributed by atoms with Gasteiger partial charge in [-0.15, -0.1) is 0 Å². The first-order valence-electron chi connectivity index (χ1n) is 6.63. The van der Waals surface area contributed by atoms with Gasteiger partial charge in [0.25, 0.3) is 0 Å². The number of hydrogen-bond donors (Lipinski definition) is 3. The monoisotopic (exact) mass is 239 g/mol. The fourth-order valence-corrected chi connectivity index (χ4v) is 3.33. The maximum Gasteiger partial charge on any atom is 0.315 e. The molecule has 0 aromatic heterocycles. The van der Waals surface area contributed by atoms with Crippen molar-refractivity contribution < 1.29 is 4.79 Å². The van der Waals surface area contributed by atoms with E-state index in [9.17, 15) is 4.79 Å². The van der Waals surface area contributed by atoms with Crippen LogP contribution in [0.3, 0.4) is 0 Å². The lowest BCUT2D eigenvalue weighted by Gasteiger charge is -2.34. The highest BCUT2D eigenvalue weighted by molar-refractivity contribution is 5.74. The summed E-state index contributed by atoms with van der Waals surface area (Å²) in [4.78, 5) is 11.7. The molecule has 0 spiro atoms. The summed E-state index contributed by atoms with van der Waals surface area (Å²) in [5, 5.41) is 5.83. The predicted molar refractivity (Wildman–Crippen MR) is 68.7 cm³/mol. The van der Waals surface area contributed by atoms with E-state index in [0.717, 1.165) is 12.3 Å². The van der Waals surface area contributed by atoms with Gasteiger partial charge in [0.05, 0.1) is 0 Å². The Balaban J connectivity index is 1.80. The van der Waals surface area contributed by atoms with Crippen molar-refractivity contribution in [1.82, 2.24) is 10.6 Å². The highest BCUT2D eigenvalue weighted by Crippen LogP contribution is 2.49. The zero-order valence-electron chi connectivity index (χ0n) is 11.2. The third kappa shape index (κ3) is 2.92. The lowest BCUT2D eigenvalue weighted by molar-refractivity contribution is 0.218. The number of nitrogens with two attached hydrogens (primary N) is 1. The Morgan fingerprint density at radius 1 is 1.41 bits per heavy atom. The minimum absolute atomic E-state index is 0.106. The number of amides is 2. The second kappa shape index (κ2) is 4.16. The van der Waals surface area contributed by atoms with E-state index in [4.69, 9.17) is 5.73 Å². The molecule has 2 aliphatic carbocycles. The van der Waals surface area contributed by atoms with Crippen LogP contribution in [-0.4, -0.2) is 23.7 Å². The average molecular weight is 239 g/mol. The highest BCUT2D eigenvalue weighted by Gasteiger charge is 2.48. The summed E-state index contributed by atoms with van der Waals surface area (Å²) in [6.45, 7) is 6.53. The molecule has 0 heterocycles. The number of nitrogens with one attached hydrogen (secondary N) is 2. The normalized spacial score (nSPS) is 36.0. The van der Waals surface area contributed by atoms with Crippen molar-refractivity contribution >= 4 is 6.03 Å². The van der Waals surface area contributed by atoms with Gasteiger partial charge in [0.2, 0.25) is 0 Å². The van der Waals surface area contributed by atoms with Gasteiger partial charge in [-0.25, -0.2) is 4.79 Å². The van der Waals surface area contributed by atoms with E-state index in [0.29, 0.717) is 12.5 Å². The van der Waals surface area contributed by atoms with E-state index in [1.807, 2.05) is 20.8 Å². The Morgan fingerprint density at radius 2 is 2.12 bits per heavy atom. The van der Waals surface area contributed by atoms with Gasteiger partial charge >= 0.3 is 6.03 Å². The van der Waals surface area contributed by atoms with Crippen LogP contribution < -0.4 is 16.4 Å². The largest absolute Gasteiger partial charge is 0.336 e. The molecular weight excluding hydrogens is 214 g/mol. The first-order valence-corrected chi connectivity index (χ1v) is 6.63. The van der Waals surface area contributed by atoms with Crippen molar-refractivity contribution in [3.8, 4) is 0 Å².